The molecule has 0 aromatic heterocycles. The van der Waals surface area contributed by atoms with Crippen LogP contribution in [0.2, 0.25) is 0 Å². The Bertz CT molecular complexity index is 832. The molecule has 0 unspecified atom stereocenters. The third kappa shape index (κ3) is 6.80. The summed E-state index contributed by atoms with van der Waals surface area (Å²) in [4.78, 5) is 35.9. The standard InChI is InChI=1S/C13H15BrN2O8S2.2Na/c1-5(24-26(21,22)23)10-7-3-8(25-9(14)4-15-6(2)17)11(13(19)20)16(7)12(10)18;;/h4-5,7,10H,3H2,1-2H3,(H,15,17)(H,19,20)(H,21,22,23);;/q;2*+1/p-2/b9-4+;;/t5-,7+,10-;;/m0../s1. The first kappa shape index (κ1) is 28.6. The van der Waals surface area contributed by atoms with Gasteiger partial charge in [0.25, 0.3) is 0 Å². The molecular formula is C13H13BrN2Na2O8S2. The Morgan fingerprint density at radius 3 is 2.46 bits per heavy atom. The fraction of sp³-hybridized carbons (Fsp3) is 0.462. The van der Waals surface area contributed by atoms with Crippen LogP contribution in [0.1, 0.15) is 20.3 Å². The van der Waals surface area contributed by atoms with Crippen molar-refractivity contribution in [2.24, 2.45) is 5.92 Å². The zero-order valence-corrected chi connectivity index (χ0v) is 22.6. The topological polar surface area (TPSA) is 156 Å². The van der Waals surface area contributed by atoms with Gasteiger partial charge in [-0.15, -0.1) is 0 Å². The number of nitrogens with zero attached hydrogens (tertiary/aromatic N) is 1. The number of rotatable bonds is 7. The Hall–Kier alpha value is 0.590. The normalized spacial score (nSPS) is 22.5. The number of hydrogen-bond donors (Lipinski definition) is 1. The minimum Gasteiger partial charge on any atom is -0.726 e. The third-order valence-electron chi connectivity index (χ3n) is 3.75. The van der Waals surface area contributed by atoms with Gasteiger partial charge < -0.3 is 24.7 Å². The number of carboxylic acids is 1. The Balaban J connectivity index is 0.00000364. The van der Waals surface area contributed by atoms with Crippen molar-refractivity contribution in [3.63, 3.8) is 0 Å². The predicted molar refractivity (Wildman–Crippen MR) is 89.4 cm³/mol. The number of amides is 2. The van der Waals surface area contributed by atoms with Crippen LogP contribution < -0.4 is 69.5 Å². The van der Waals surface area contributed by atoms with E-state index < -0.39 is 40.3 Å². The van der Waals surface area contributed by atoms with Crippen LogP contribution in [-0.4, -0.2) is 47.8 Å². The van der Waals surface area contributed by atoms with Gasteiger partial charge in [-0.3, -0.25) is 13.8 Å². The molecule has 28 heavy (non-hydrogen) atoms. The van der Waals surface area contributed by atoms with Crippen molar-refractivity contribution >= 4 is 55.9 Å². The van der Waals surface area contributed by atoms with Crippen molar-refractivity contribution < 1.29 is 95.8 Å². The van der Waals surface area contributed by atoms with Gasteiger partial charge in [0.05, 0.1) is 33.5 Å². The number of carboxylic acid groups (broad SMARTS) is 1. The Kier molecular flexibility index (Phi) is 11.5. The average molecular weight is 515 g/mol. The second-order valence-electron chi connectivity index (χ2n) is 5.53. The van der Waals surface area contributed by atoms with Crippen molar-refractivity contribution in [3.05, 3.63) is 20.6 Å². The number of β-lactam (4-membered cyclic amide) rings is 1. The molecule has 1 fully saturated rings. The van der Waals surface area contributed by atoms with E-state index in [-0.39, 0.29) is 82.0 Å². The number of hydrogen-bond acceptors (Lipinski definition) is 9. The smallest absolute Gasteiger partial charge is 0.726 e. The summed E-state index contributed by atoms with van der Waals surface area (Å²) in [5.41, 5.74) is -0.327. The first-order chi connectivity index (χ1) is 11.9. The van der Waals surface area contributed by atoms with Crippen LogP contribution in [0.3, 0.4) is 0 Å². The van der Waals surface area contributed by atoms with Gasteiger partial charge in [-0.25, -0.2) is 8.42 Å². The molecule has 0 aliphatic carbocycles. The molecule has 0 radical (unpaired) electrons. The molecule has 1 N–H and O–H groups in total. The van der Waals surface area contributed by atoms with Gasteiger partial charge in [0, 0.05) is 24.4 Å². The van der Waals surface area contributed by atoms with Crippen LogP contribution in [0.15, 0.2) is 20.6 Å². The summed E-state index contributed by atoms with van der Waals surface area (Å²) < 4.78 is 36.9. The van der Waals surface area contributed by atoms with E-state index in [1.165, 1.54) is 20.0 Å². The molecule has 3 atom stereocenters. The van der Waals surface area contributed by atoms with Crippen molar-refractivity contribution in [1.29, 1.82) is 0 Å². The summed E-state index contributed by atoms with van der Waals surface area (Å²) in [6.45, 7) is 2.55. The van der Waals surface area contributed by atoms with E-state index >= 15 is 0 Å². The molecule has 2 aliphatic heterocycles. The minimum atomic E-state index is -5.00. The number of carbonyl (C=O) groups is 3. The third-order valence-corrected chi connectivity index (χ3v) is 5.92. The number of fused-ring (bicyclic) bond motifs is 1. The van der Waals surface area contributed by atoms with E-state index in [1.54, 1.807) is 0 Å². The van der Waals surface area contributed by atoms with Gasteiger partial charge in [0.1, 0.15) is 0 Å². The number of aliphatic carboxylic acids is 1. The Morgan fingerprint density at radius 1 is 1.43 bits per heavy atom. The maximum absolute atomic E-state index is 12.3. The molecule has 144 valence electrons. The summed E-state index contributed by atoms with van der Waals surface area (Å²) in [5, 5.41) is 13.8. The van der Waals surface area contributed by atoms with E-state index in [4.69, 9.17) is 0 Å². The maximum Gasteiger partial charge on any atom is 1.00 e. The molecule has 15 heteroatoms. The SMILES string of the molecule is CC(=O)N/C=C(\Br)SC1=C(C(=O)[O-])N2C(=O)[C@@H]([C@H](C)OS(=O)(=O)[O-])[C@H]2C1.[Na+].[Na+]. The van der Waals surface area contributed by atoms with Gasteiger partial charge >= 0.3 is 59.1 Å². The molecule has 0 aromatic rings. The molecule has 0 bridgehead atoms. The van der Waals surface area contributed by atoms with Crippen LogP contribution in [-0.2, 0) is 29.0 Å². The molecule has 2 heterocycles. The second kappa shape index (κ2) is 11.3. The zero-order chi connectivity index (χ0) is 19.8. The average Bonchev–Trinajstić information content (AvgIpc) is 2.77. The van der Waals surface area contributed by atoms with Crippen molar-refractivity contribution in [3.8, 4) is 0 Å². The first-order valence-electron chi connectivity index (χ1n) is 7.14. The van der Waals surface area contributed by atoms with Gasteiger partial charge in [-0.2, -0.15) is 0 Å². The van der Waals surface area contributed by atoms with E-state index in [0.717, 1.165) is 16.7 Å². The van der Waals surface area contributed by atoms with Crippen molar-refractivity contribution in [2.45, 2.75) is 32.4 Å². The molecule has 0 saturated carbocycles. The molecule has 2 rings (SSSR count). The van der Waals surface area contributed by atoms with Gasteiger partial charge in [-0.1, -0.05) is 11.8 Å². The Labute approximate surface area is 218 Å². The maximum atomic E-state index is 12.3. The van der Waals surface area contributed by atoms with Crippen molar-refractivity contribution in [2.75, 3.05) is 0 Å². The number of thioether (sulfide) groups is 1. The van der Waals surface area contributed by atoms with Crippen LogP contribution in [0, 0.1) is 5.92 Å². The fourth-order valence-corrected chi connectivity index (χ4v) is 4.93. The van der Waals surface area contributed by atoms with E-state index in [2.05, 4.69) is 25.4 Å². The predicted octanol–water partition coefficient (Wildman–Crippen LogP) is -6.89. The first-order valence-corrected chi connectivity index (χ1v) is 10.1. The summed E-state index contributed by atoms with van der Waals surface area (Å²) in [7, 11) is -5.00. The quantitative estimate of drug-likeness (QED) is 0.151. The van der Waals surface area contributed by atoms with Crippen LogP contribution >= 0.6 is 27.7 Å². The summed E-state index contributed by atoms with van der Waals surface area (Å²) in [6, 6.07) is -0.657. The van der Waals surface area contributed by atoms with E-state index in [0.29, 0.717) is 3.81 Å². The summed E-state index contributed by atoms with van der Waals surface area (Å²) in [5.74, 6) is -3.52. The molecule has 0 spiro atoms. The van der Waals surface area contributed by atoms with Crippen LogP contribution in [0.25, 0.3) is 0 Å². The van der Waals surface area contributed by atoms with Gasteiger partial charge in [0.15, 0.2) is 0 Å². The summed E-state index contributed by atoms with van der Waals surface area (Å²) in [6.07, 6.45) is 0.203. The minimum absolute atomic E-state index is 0. The zero-order valence-electron chi connectivity index (χ0n) is 15.4. The molecule has 2 aliphatic rings. The van der Waals surface area contributed by atoms with Crippen molar-refractivity contribution in [1.82, 2.24) is 10.2 Å². The molecule has 2 amide bonds. The molecule has 0 aromatic carbocycles. The number of nitrogens with one attached hydrogen (secondary N) is 1. The largest absolute Gasteiger partial charge is 1.00 e. The molecule has 10 nitrogen and oxygen atoms in total. The monoisotopic (exact) mass is 514 g/mol. The van der Waals surface area contributed by atoms with E-state index in [9.17, 15) is 32.5 Å². The van der Waals surface area contributed by atoms with E-state index in [1.807, 2.05) is 0 Å². The fourth-order valence-electron chi connectivity index (χ4n) is 2.85. The van der Waals surface area contributed by atoms with Crippen LogP contribution in [0.5, 0.6) is 0 Å². The van der Waals surface area contributed by atoms with Gasteiger partial charge in [0.2, 0.25) is 22.2 Å². The number of halogens is 1. The van der Waals surface area contributed by atoms with Crippen LogP contribution in [0.4, 0.5) is 0 Å². The molecular weight excluding hydrogens is 502 g/mol. The molecule has 1 saturated heterocycles. The van der Waals surface area contributed by atoms with Gasteiger partial charge in [-0.05, 0) is 22.9 Å². The summed E-state index contributed by atoms with van der Waals surface area (Å²) >= 11 is 4.13. The second-order valence-corrected chi connectivity index (χ2v) is 9.05. The Morgan fingerprint density at radius 2 is 2.00 bits per heavy atom. The number of carbonyl (C=O) groups excluding carboxylic acids is 3.